The summed E-state index contributed by atoms with van der Waals surface area (Å²) < 4.78 is 13.4. The number of hydrogen-bond donors (Lipinski definition) is 0. The van der Waals surface area contributed by atoms with Crippen molar-refractivity contribution in [1.29, 1.82) is 0 Å². The van der Waals surface area contributed by atoms with Crippen LogP contribution in [0.5, 0.6) is 0 Å². The van der Waals surface area contributed by atoms with Crippen LogP contribution < -0.4 is 0 Å². The Labute approximate surface area is 394 Å². The first-order valence-electron chi connectivity index (χ1n) is 27.8. The van der Waals surface area contributed by atoms with Crippen LogP contribution in [0.1, 0.15) is 310 Å². The molecule has 5 heteroatoms. The van der Waals surface area contributed by atoms with Crippen molar-refractivity contribution in [2.75, 3.05) is 13.2 Å². The fraction of sp³-hybridized carbons (Fsp3) is 0.929. The minimum Gasteiger partial charge on any atom is -0.463 e. The Balaban J connectivity index is 0. The Morgan fingerprint density at radius 1 is 0.279 bits per heavy atom. The zero-order valence-corrected chi connectivity index (χ0v) is 45.1. The second-order valence-corrected chi connectivity index (χ2v) is 22.8. The molecule has 0 aliphatic rings. The predicted octanol–water partition coefficient (Wildman–Crippen LogP) is 19.4. The van der Waals surface area contributed by atoms with Crippen LogP contribution in [0, 0.1) is 0 Å². The van der Waals surface area contributed by atoms with Gasteiger partial charge in [0, 0.05) is 12.2 Å². The molecule has 0 aromatic rings. The number of carbonyl (C=O) groups excluding carboxylic acids is 2. The summed E-state index contributed by atoms with van der Waals surface area (Å²) in [7, 11) is 0. The second kappa shape index (κ2) is 59.5. The van der Waals surface area contributed by atoms with Gasteiger partial charge in [-0.1, -0.05) is 156 Å². The van der Waals surface area contributed by atoms with Crippen molar-refractivity contribution in [3.05, 3.63) is 12.2 Å². The molecule has 0 heterocycles. The van der Waals surface area contributed by atoms with Gasteiger partial charge in [0.2, 0.25) is 0 Å². The third kappa shape index (κ3) is 61.6. The van der Waals surface area contributed by atoms with Crippen molar-refractivity contribution < 1.29 is 19.1 Å². The summed E-state index contributed by atoms with van der Waals surface area (Å²) in [6.45, 7) is 9.83. The van der Waals surface area contributed by atoms with Gasteiger partial charge in [-0.3, -0.25) is 0 Å². The third-order valence-corrected chi connectivity index (χ3v) is 16.3. The third-order valence-electron chi connectivity index (χ3n) is 12.3. The summed E-state index contributed by atoms with van der Waals surface area (Å²) in [5, 5.41) is 0. The first-order valence-corrected chi connectivity index (χ1v) is 31.9. The summed E-state index contributed by atoms with van der Waals surface area (Å²) in [6.07, 6.45) is 63.9. The van der Waals surface area contributed by atoms with Gasteiger partial charge in [0.1, 0.15) is 0 Å². The summed E-state index contributed by atoms with van der Waals surface area (Å²) >= 11 is 0.00985. The molecule has 0 atom stereocenters. The molecule has 0 aliphatic carbocycles. The van der Waals surface area contributed by atoms with E-state index in [-0.39, 0.29) is 21.1 Å². The molecular formula is C56H110O4Sn. The predicted molar refractivity (Wildman–Crippen MR) is 272 cm³/mol. The van der Waals surface area contributed by atoms with Crippen LogP contribution in [0.3, 0.4) is 0 Å². The summed E-state index contributed by atoms with van der Waals surface area (Å²) in [5.74, 6) is -0.944. The van der Waals surface area contributed by atoms with Crippen molar-refractivity contribution >= 4 is 33.1 Å². The van der Waals surface area contributed by atoms with Gasteiger partial charge >= 0.3 is 183 Å². The van der Waals surface area contributed by atoms with E-state index in [2.05, 4.69) is 27.7 Å². The topological polar surface area (TPSA) is 52.6 Å². The Morgan fingerprint density at radius 2 is 0.459 bits per heavy atom. The van der Waals surface area contributed by atoms with E-state index in [1.54, 1.807) is 21.7 Å². The second-order valence-electron chi connectivity index (χ2n) is 18.6. The normalized spacial score (nSPS) is 11.3. The molecule has 0 aliphatic heterocycles. The van der Waals surface area contributed by atoms with Crippen LogP contribution >= 0.6 is 0 Å². The quantitative estimate of drug-likeness (QED) is 0.0264. The molecule has 0 amide bonds. The van der Waals surface area contributed by atoms with Crippen LogP contribution in [-0.4, -0.2) is 46.3 Å². The van der Waals surface area contributed by atoms with Gasteiger partial charge in [-0.2, -0.15) is 0 Å². The number of unbranched alkanes of at least 4 members (excludes halogenated alkanes) is 40. The molecule has 0 saturated carbocycles. The van der Waals surface area contributed by atoms with Crippen LogP contribution in [0.4, 0.5) is 0 Å². The molecular weight excluding hydrogens is 855 g/mol. The standard InChI is InChI=1S/C20H36O4.2C18H37.Sn/c1-3-5-7-9-11-13-17-23-19(21)15-16-20(22)24-18-14-12-10-8-6-4-2;2*1-3-5-7-9-11-13-15-17-18-16-14-12-10-8-6-4-2;/h15-16H,3-14,17-18H2,1-2H3;2*1,3-18H2,2H3;/b16-15-;;;. The van der Waals surface area contributed by atoms with E-state index in [9.17, 15) is 9.59 Å². The van der Waals surface area contributed by atoms with Gasteiger partial charge < -0.3 is 9.47 Å². The van der Waals surface area contributed by atoms with Crippen LogP contribution in [0.15, 0.2) is 12.2 Å². The van der Waals surface area contributed by atoms with Gasteiger partial charge in [-0.25, -0.2) is 9.59 Å². The average Bonchev–Trinajstić information content (AvgIpc) is 3.27. The van der Waals surface area contributed by atoms with E-state index in [4.69, 9.17) is 9.47 Å². The fourth-order valence-corrected chi connectivity index (χ4v) is 11.6. The number of ether oxygens (including phenoxy) is 2. The zero-order chi connectivity index (χ0) is 44.6. The summed E-state index contributed by atoms with van der Waals surface area (Å²) in [6, 6.07) is 0. The molecule has 0 bridgehead atoms. The minimum absolute atomic E-state index is 0.00985. The fourth-order valence-electron chi connectivity index (χ4n) is 8.06. The first-order chi connectivity index (χ1) is 30.1. The maximum absolute atomic E-state index is 11.4. The molecule has 0 spiro atoms. The number of esters is 2. The average molecular weight is 966 g/mol. The molecule has 4 nitrogen and oxygen atoms in total. The Kier molecular flexibility index (Phi) is 61.0. The molecule has 61 heavy (non-hydrogen) atoms. The molecule has 0 aromatic carbocycles. The summed E-state index contributed by atoms with van der Waals surface area (Å²) in [4.78, 5) is 22.9. The summed E-state index contributed by atoms with van der Waals surface area (Å²) in [5.41, 5.74) is 0. The van der Waals surface area contributed by atoms with Crippen LogP contribution in [-0.2, 0) is 19.1 Å². The van der Waals surface area contributed by atoms with Gasteiger partial charge in [-0.15, -0.1) is 0 Å². The zero-order valence-electron chi connectivity index (χ0n) is 42.2. The van der Waals surface area contributed by atoms with E-state index in [1.807, 2.05) is 0 Å². The SMILES string of the molecule is CCCCCCCCCCCCCCCCC[CH2][Sn][CH2]CCCCCCCCCCCCCCCCC.CCCCCCCCOC(=O)/C=C\C(=O)OCCCCCCCC. The molecule has 0 N–H and O–H groups in total. The minimum atomic E-state index is -0.472. The van der Waals surface area contributed by atoms with Crippen molar-refractivity contribution in [1.82, 2.24) is 0 Å². The van der Waals surface area contributed by atoms with Gasteiger partial charge in [0.15, 0.2) is 0 Å². The molecule has 0 rings (SSSR count). The molecule has 362 valence electrons. The van der Waals surface area contributed by atoms with Gasteiger partial charge in [-0.05, 0) is 12.8 Å². The van der Waals surface area contributed by atoms with E-state index in [1.165, 1.54) is 244 Å². The van der Waals surface area contributed by atoms with E-state index < -0.39 is 11.9 Å². The number of carbonyl (C=O) groups is 2. The smallest absolute Gasteiger partial charge is 0.463 e. The van der Waals surface area contributed by atoms with Crippen molar-refractivity contribution in [3.8, 4) is 0 Å². The maximum atomic E-state index is 11.4. The van der Waals surface area contributed by atoms with Crippen molar-refractivity contribution in [2.45, 2.75) is 319 Å². The monoisotopic (exact) mass is 967 g/mol. The first kappa shape index (κ1) is 62.6. The molecule has 0 saturated heterocycles. The Morgan fingerprint density at radius 3 is 0.672 bits per heavy atom. The number of rotatable bonds is 50. The van der Waals surface area contributed by atoms with Gasteiger partial charge in [0.05, 0.1) is 13.2 Å². The van der Waals surface area contributed by atoms with Crippen molar-refractivity contribution in [3.63, 3.8) is 0 Å². The van der Waals surface area contributed by atoms with E-state index in [0.717, 1.165) is 37.8 Å². The molecule has 0 aromatic heterocycles. The van der Waals surface area contributed by atoms with E-state index in [0.29, 0.717) is 13.2 Å². The van der Waals surface area contributed by atoms with Crippen molar-refractivity contribution in [2.24, 2.45) is 0 Å². The van der Waals surface area contributed by atoms with E-state index >= 15 is 0 Å². The molecule has 2 radical (unpaired) electrons. The molecule has 0 unspecified atom stereocenters. The molecule has 0 fully saturated rings. The van der Waals surface area contributed by atoms with Crippen LogP contribution in [0.25, 0.3) is 0 Å². The van der Waals surface area contributed by atoms with Crippen LogP contribution in [0.2, 0.25) is 8.87 Å². The number of hydrogen-bond acceptors (Lipinski definition) is 4. The Bertz CT molecular complexity index is 778. The Hall–Kier alpha value is -0.521. The van der Waals surface area contributed by atoms with Gasteiger partial charge in [0.25, 0.3) is 0 Å².